The van der Waals surface area contributed by atoms with Crippen LogP contribution in [-0.4, -0.2) is 40.7 Å². The van der Waals surface area contributed by atoms with Gasteiger partial charge in [-0.3, -0.25) is 30.1 Å². The number of aryl methyl sites for hydroxylation is 2. The van der Waals surface area contributed by atoms with E-state index in [1.54, 1.807) is 0 Å². The van der Waals surface area contributed by atoms with Gasteiger partial charge in [0, 0.05) is 4.88 Å². The van der Waals surface area contributed by atoms with E-state index < -0.39 is 24.0 Å². The highest BCUT2D eigenvalue weighted by Crippen LogP contribution is 2.46. The van der Waals surface area contributed by atoms with Crippen LogP contribution in [0.3, 0.4) is 0 Å². The molecule has 0 radical (unpaired) electrons. The molecule has 168 valence electrons. The van der Waals surface area contributed by atoms with E-state index in [0.717, 1.165) is 37.0 Å². The SMILES string of the molecule is C[C@@H]1CC(C)(C)C[C@@]2(C1)NC(=O)N(CC(=O)NNC(=O)c1cc3c(s1)CCCC3)C2=O. The Hall–Kier alpha value is -2.42. The van der Waals surface area contributed by atoms with Gasteiger partial charge < -0.3 is 5.32 Å². The molecule has 0 unspecified atom stereocenters. The third kappa shape index (κ3) is 4.33. The van der Waals surface area contributed by atoms with Crippen molar-refractivity contribution in [3.05, 3.63) is 21.4 Å². The largest absolute Gasteiger partial charge is 0.325 e. The molecule has 9 heteroatoms. The summed E-state index contributed by atoms with van der Waals surface area (Å²) >= 11 is 1.45. The first kappa shape index (κ1) is 21.8. The summed E-state index contributed by atoms with van der Waals surface area (Å²) in [6.07, 6.45) is 6.33. The summed E-state index contributed by atoms with van der Waals surface area (Å²) in [6.45, 7) is 5.84. The van der Waals surface area contributed by atoms with Gasteiger partial charge >= 0.3 is 6.03 Å². The number of imide groups is 1. The average molecular weight is 447 g/mol. The molecule has 3 N–H and O–H groups in total. The van der Waals surface area contributed by atoms with Gasteiger partial charge in [0.05, 0.1) is 4.88 Å². The maximum Gasteiger partial charge on any atom is 0.325 e. The van der Waals surface area contributed by atoms with Gasteiger partial charge in [-0.2, -0.15) is 0 Å². The molecule has 1 spiro atoms. The van der Waals surface area contributed by atoms with E-state index >= 15 is 0 Å². The molecule has 1 aromatic rings. The summed E-state index contributed by atoms with van der Waals surface area (Å²) in [5, 5.41) is 2.85. The number of hydrazine groups is 1. The van der Waals surface area contributed by atoms with Gasteiger partial charge in [0.15, 0.2) is 0 Å². The predicted molar refractivity (Wildman–Crippen MR) is 116 cm³/mol. The summed E-state index contributed by atoms with van der Waals surface area (Å²) in [5.74, 6) is -1.06. The Morgan fingerprint density at radius 1 is 1.19 bits per heavy atom. The number of carbonyl (C=O) groups excluding carboxylic acids is 4. The topological polar surface area (TPSA) is 108 Å². The Bertz CT molecular complexity index is 916. The number of thiophene rings is 1. The molecule has 2 fully saturated rings. The van der Waals surface area contributed by atoms with Crippen LogP contribution in [0.15, 0.2) is 6.07 Å². The number of urea groups is 1. The van der Waals surface area contributed by atoms with E-state index in [-0.39, 0.29) is 23.1 Å². The highest BCUT2D eigenvalue weighted by molar-refractivity contribution is 7.14. The third-order valence-electron chi connectivity index (χ3n) is 6.46. The fourth-order valence-corrected chi connectivity index (χ4v) is 6.77. The van der Waals surface area contributed by atoms with Crippen LogP contribution in [-0.2, 0) is 22.4 Å². The maximum atomic E-state index is 13.1. The summed E-state index contributed by atoms with van der Waals surface area (Å²) in [5.41, 5.74) is 4.93. The Balaban J connectivity index is 1.35. The van der Waals surface area contributed by atoms with E-state index in [9.17, 15) is 19.2 Å². The minimum Gasteiger partial charge on any atom is -0.323 e. The van der Waals surface area contributed by atoms with Gasteiger partial charge in [0.25, 0.3) is 17.7 Å². The number of nitrogens with one attached hydrogen (secondary N) is 3. The molecule has 2 aliphatic carbocycles. The molecular formula is C22H30N4O4S. The second kappa shape index (κ2) is 7.93. The van der Waals surface area contributed by atoms with Crippen molar-refractivity contribution in [2.75, 3.05) is 6.54 Å². The van der Waals surface area contributed by atoms with E-state index in [4.69, 9.17) is 0 Å². The van der Waals surface area contributed by atoms with Crippen molar-refractivity contribution >= 4 is 35.1 Å². The molecule has 2 atom stereocenters. The number of rotatable bonds is 3. The highest BCUT2D eigenvalue weighted by atomic mass is 32.1. The summed E-state index contributed by atoms with van der Waals surface area (Å²) in [6, 6.07) is 1.33. The Morgan fingerprint density at radius 3 is 2.65 bits per heavy atom. The van der Waals surface area contributed by atoms with Crippen LogP contribution in [0, 0.1) is 11.3 Å². The molecule has 8 nitrogen and oxygen atoms in total. The monoisotopic (exact) mass is 446 g/mol. The number of hydrogen-bond donors (Lipinski definition) is 3. The molecule has 0 aromatic carbocycles. The summed E-state index contributed by atoms with van der Waals surface area (Å²) in [7, 11) is 0. The quantitative estimate of drug-likeness (QED) is 0.490. The maximum absolute atomic E-state index is 13.1. The first-order chi connectivity index (χ1) is 14.6. The third-order valence-corrected chi connectivity index (χ3v) is 7.70. The second-order valence-corrected chi connectivity index (χ2v) is 11.2. The van der Waals surface area contributed by atoms with E-state index in [2.05, 4.69) is 36.9 Å². The minimum absolute atomic E-state index is 0.0767. The van der Waals surface area contributed by atoms with Gasteiger partial charge in [-0.25, -0.2) is 4.79 Å². The highest BCUT2D eigenvalue weighted by Gasteiger charge is 2.56. The van der Waals surface area contributed by atoms with Crippen molar-refractivity contribution in [3.63, 3.8) is 0 Å². The van der Waals surface area contributed by atoms with Crippen molar-refractivity contribution in [2.24, 2.45) is 11.3 Å². The smallest absolute Gasteiger partial charge is 0.323 e. The predicted octanol–water partition coefficient (Wildman–Crippen LogP) is 2.52. The zero-order chi connectivity index (χ0) is 22.4. The number of carbonyl (C=O) groups is 4. The molecule has 1 aromatic heterocycles. The van der Waals surface area contributed by atoms with Crippen molar-refractivity contribution < 1.29 is 19.2 Å². The van der Waals surface area contributed by atoms with Crippen LogP contribution in [0.1, 0.15) is 73.0 Å². The lowest BCUT2D eigenvalue weighted by Crippen LogP contribution is -2.54. The Labute approximate surface area is 186 Å². The van der Waals surface area contributed by atoms with Crippen molar-refractivity contribution in [1.82, 2.24) is 21.1 Å². The van der Waals surface area contributed by atoms with Gasteiger partial charge in [0.1, 0.15) is 12.1 Å². The molecule has 2 heterocycles. The fourth-order valence-electron chi connectivity index (χ4n) is 5.62. The lowest BCUT2D eigenvalue weighted by atomic mass is 9.64. The molecule has 5 amide bonds. The molecule has 31 heavy (non-hydrogen) atoms. The first-order valence-corrected chi connectivity index (χ1v) is 11.8. The first-order valence-electron chi connectivity index (χ1n) is 10.9. The van der Waals surface area contributed by atoms with E-state index in [1.165, 1.54) is 21.8 Å². The number of fused-ring (bicyclic) bond motifs is 1. The molecule has 1 saturated carbocycles. The fraction of sp³-hybridized carbons (Fsp3) is 0.636. The normalized spacial score (nSPS) is 27.1. The molecular weight excluding hydrogens is 416 g/mol. The van der Waals surface area contributed by atoms with Crippen LogP contribution in [0.2, 0.25) is 0 Å². The van der Waals surface area contributed by atoms with Gasteiger partial charge in [-0.15, -0.1) is 11.3 Å². The average Bonchev–Trinajstić information content (AvgIpc) is 3.20. The van der Waals surface area contributed by atoms with Crippen molar-refractivity contribution in [3.8, 4) is 0 Å². The minimum atomic E-state index is -0.947. The zero-order valence-electron chi connectivity index (χ0n) is 18.3. The zero-order valence-corrected chi connectivity index (χ0v) is 19.1. The Morgan fingerprint density at radius 2 is 1.94 bits per heavy atom. The lowest BCUT2D eigenvalue weighted by Gasteiger charge is -2.43. The van der Waals surface area contributed by atoms with Crippen molar-refractivity contribution in [2.45, 2.75) is 71.3 Å². The van der Waals surface area contributed by atoms with Crippen LogP contribution >= 0.6 is 11.3 Å². The van der Waals surface area contributed by atoms with Crippen LogP contribution in [0.5, 0.6) is 0 Å². The molecule has 4 rings (SSSR count). The molecule has 3 aliphatic rings. The number of amides is 5. The van der Waals surface area contributed by atoms with Gasteiger partial charge in [-0.1, -0.05) is 20.8 Å². The van der Waals surface area contributed by atoms with E-state index in [0.29, 0.717) is 17.7 Å². The summed E-state index contributed by atoms with van der Waals surface area (Å²) < 4.78 is 0. The molecule has 1 saturated heterocycles. The van der Waals surface area contributed by atoms with Crippen LogP contribution in [0.25, 0.3) is 0 Å². The Kier molecular flexibility index (Phi) is 5.57. The standard InChI is InChI=1S/C22H30N4O4S/c1-13-9-21(2,3)12-22(10-13)19(29)26(20(30)23-22)11-17(27)24-25-18(28)16-8-14-6-4-5-7-15(14)31-16/h8,13H,4-7,9-12H2,1-3H3,(H,23,30)(H,24,27)(H,25,28)/t13-,22-/m1/s1. The number of nitrogens with zero attached hydrogens (tertiary/aromatic N) is 1. The number of hydrogen-bond acceptors (Lipinski definition) is 5. The molecule has 1 aliphatic heterocycles. The second-order valence-electron chi connectivity index (χ2n) is 10.0. The van der Waals surface area contributed by atoms with Crippen LogP contribution < -0.4 is 16.2 Å². The van der Waals surface area contributed by atoms with Gasteiger partial charge in [0.2, 0.25) is 0 Å². The molecule has 0 bridgehead atoms. The van der Waals surface area contributed by atoms with Crippen LogP contribution in [0.4, 0.5) is 4.79 Å². The lowest BCUT2D eigenvalue weighted by molar-refractivity contribution is -0.137. The van der Waals surface area contributed by atoms with E-state index in [1.807, 2.05) is 6.07 Å². The summed E-state index contributed by atoms with van der Waals surface area (Å²) in [4.78, 5) is 53.2. The van der Waals surface area contributed by atoms with Gasteiger partial charge in [-0.05, 0) is 67.9 Å². The van der Waals surface area contributed by atoms with Crippen molar-refractivity contribution in [1.29, 1.82) is 0 Å².